The van der Waals surface area contributed by atoms with Gasteiger partial charge < -0.3 is 4.74 Å². The van der Waals surface area contributed by atoms with Crippen LogP contribution in [0.5, 0.6) is 5.75 Å². The Hall–Kier alpha value is -3.06. The summed E-state index contributed by atoms with van der Waals surface area (Å²) in [6.07, 6.45) is -8.25. The van der Waals surface area contributed by atoms with Gasteiger partial charge in [0.2, 0.25) is 0 Å². The van der Waals surface area contributed by atoms with E-state index in [1.165, 1.54) is 36.0 Å². The van der Waals surface area contributed by atoms with Crippen molar-refractivity contribution >= 4 is 27.5 Å². The molecule has 0 aliphatic carbocycles. The summed E-state index contributed by atoms with van der Waals surface area (Å²) >= 11 is 9.39. The molecule has 0 saturated heterocycles. The van der Waals surface area contributed by atoms with Gasteiger partial charge in [0.05, 0.1) is 23.3 Å². The third-order valence-electron chi connectivity index (χ3n) is 4.60. The van der Waals surface area contributed by atoms with E-state index in [0.29, 0.717) is 15.7 Å². The Morgan fingerprint density at radius 3 is 2.24 bits per heavy atom. The van der Waals surface area contributed by atoms with Crippen molar-refractivity contribution in [3.05, 3.63) is 69.8 Å². The van der Waals surface area contributed by atoms with E-state index in [9.17, 15) is 26.3 Å². The number of rotatable bonds is 4. The number of benzene rings is 2. The molecule has 0 spiro atoms. The summed E-state index contributed by atoms with van der Waals surface area (Å²) in [6, 6.07) is 9.67. The second-order valence-corrected chi connectivity index (χ2v) is 8.14. The first-order valence-electron chi connectivity index (χ1n) is 9.24. The van der Waals surface area contributed by atoms with E-state index in [4.69, 9.17) is 11.6 Å². The van der Waals surface area contributed by atoms with Crippen LogP contribution >= 0.6 is 27.5 Å². The van der Waals surface area contributed by atoms with Gasteiger partial charge in [-0.1, -0.05) is 32.7 Å². The van der Waals surface area contributed by atoms with Crippen LogP contribution in [0.3, 0.4) is 0 Å². The van der Waals surface area contributed by atoms with Gasteiger partial charge in [-0.15, -0.1) is 18.3 Å². The highest BCUT2D eigenvalue weighted by molar-refractivity contribution is 9.10. The van der Waals surface area contributed by atoms with Gasteiger partial charge in [0, 0.05) is 10.0 Å². The van der Waals surface area contributed by atoms with Crippen LogP contribution in [0.15, 0.2) is 53.1 Å². The second-order valence-electron chi connectivity index (χ2n) is 6.87. The Morgan fingerprint density at radius 2 is 1.65 bits per heavy atom. The molecule has 6 nitrogen and oxygen atoms in total. The van der Waals surface area contributed by atoms with Crippen LogP contribution in [-0.4, -0.2) is 30.9 Å². The summed E-state index contributed by atoms with van der Waals surface area (Å²) in [7, 11) is 0. The molecule has 0 fully saturated rings. The average Bonchev–Trinajstić information content (AvgIpc) is 3.32. The molecule has 4 aromatic rings. The molecule has 0 amide bonds. The van der Waals surface area contributed by atoms with E-state index in [1.54, 1.807) is 12.1 Å². The van der Waals surface area contributed by atoms with Gasteiger partial charge in [0.25, 0.3) is 0 Å². The van der Waals surface area contributed by atoms with Crippen LogP contribution in [0.2, 0.25) is 5.15 Å². The monoisotopic (exact) mass is 565 g/mol. The van der Waals surface area contributed by atoms with Crippen molar-refractivity contribution in [2.75, 3.05) is 0 Å². The molecule has 0 aliphatic rings. The minimum Gasteiger partial charge on any atom is -0.406 e. The van der Waals surface area contributed by atoms with Crippen molar-refractivity contribution in [1.29, 1.82) is 0 Å². The second kappa shape index (κ2) is 8.62. The molecule has 34 heavy (non-hydrogen) atoms. The maximum absolute atomic E-state index is 13.3. The molecule has 0 bridgehead atoms. The molecule has 178 valence electrons. The fourth-order valence-corrected chi connectivity index (χ4v) is 3.97. The number of aromatic nitrogens is 5. The van der Waals surface area contributed by atoms with Gasteiger partial charge in [-0.05, 0) is 49.4 Å². The summed E-state index contributed by atoms with van der Waals surface area (Å²) in [6.45, 7) is 1.37. The Labute approximate surface area is 200 Å². The van der Waals surface area contributed by atoms with Crippen molar-refractivity contribution in [3.63, 3.8) is 0 Å². The highest BCUT2D eigenvalue weighted by Crippen LogP contribution is 2.38. The Morgan fingerprint density at radius 1 is 0.971 bits per heavy atom. The van der Waals surface area contributed by atoms with Crippen LogP contribution in [0.25, 0.3) is 22.6 Å². The van der Waals surface area contributed by atoms with Crippen molar-refractivity contribution < 1.29 is 31.1 Å². The van der Waals surface area contributed by atoms with Crippen molar-refractivity contribution in [2.24, 2.45) is 0 Å². The first-order valence-corrected chi connectivity index (χ1v) is 10.4. The first-order chi connectivity index (χ1) is 15.8. The predicted molar refractivity (Wildman–Crippen MR) is 113 cm³/mol. The third-order valence-corrected chi connectivity index (χ3v) is 5.44. The van der Waals surface area contributed by atoms with E-state index in [2.05, 4.69) is 36.0 Å². The van der Waals surface area contributed by atoms with E-state index in [0.717, 1.165) is 16.7 Å². The molecule has 2 aromatic heterocycles. The quantitative estimate of drug-likeness (QED) is 0.256. The molecular weight excluding hydrogens is 556 g/mol. The lowest BCUT2D eigenvalue weighted by molar-refractivity contribution is -0.274. The number of alkyl halides is 6. The number of halogens is 8. The SMILES string of the molecule is Cc1nc(C(F)(F)F)c(Cl)n1-c1ccc(Br)cc1-n1nncc1-c1ccc(OC(F)(F)F)cc1. The number of nitrogens with zero attached hydrogens (tertiary/aromatic N) is 5. The average molecular weight is 567 g/mol. The third kappa shape index (κ3) is 4.75. The van der Waals surface area contributed by atoms with E-state index >= 15 is 0 Å². The molecule has 0 atom stereocenters. The molecule has 0 aliphatic heterocycles. The molecule has 2 heterocycles. The van der Waals surface area contributed by atoms with E-state index in [1.807, 2.05) is 0 Å². The zero-order chi connectivity index (χ0) is 24.8. The van der Waals surface area contributed by atoms with Crippen LogP contribution in [0.1, 0.15) is 11.5 Å². The normalized spacial score (nSPS) is 12.3. The lowest BCUT2D eigenvalue weighted by Crippen LogP contribution is -2.16. The van der Waals surface area contributed by atoms with Crippen molar-refractivity contribution in [2.45, 2.75) is 19.5 Å². The van der Waals surface area contributed by atoms with E-state index in [-0.39, 0.29) is 17.2 Å². The van der Waals surface area contributed by atoms with E-state index < -0.39 is 29.1 Å². The molecule has 14 heteroatoms. The predicted octanol–water partition coefficient (Wildman–Crippen LogP) is 6.76. The largest absolute Gasteiger partial charge is 0.573 e. The number of hydrogen-bond donors (Lipinski definition) is 0. The fourth-order valence-electron chi connectivity index (χ4n) is 3.26. The van der Waals surface area contributed by atoms with Crippen molar-refractivity contribution in [3.8, 4) is 28.4 Å². The fraction of sp³-hybridized carbons (Fsp3) is 0.150. The van der Waals surface area contributed by atoms with Gasteiger partial charge in [-0.25, -0.2) is 9.67 Å². The summed E-state index contributed by atoms with van der Waals surface area (Å²) in [5.41, 5.74) is 0.0448. The van der Waals surface area contributed by atoms with Gasteiger partial charge in [0.1, 0.15) is 16.7 Å². The van der Waals surface area contributed by atoms with Crippen LogP contribution in [0, 0.1) is 6.92 Å². The zero-order valence-electron chi connectivity index (χ0n) is 16.8. The topological polar surface area (TPSA) is 57.8 Å². The minimum atomic E-state index is -4.84. The zero-order valence-corrected chi connectivity index (χ0v) is 19.1. The maximum Gasteiger partial charge on any atom is 0.573 e. The molecule has 0 radical (unpaired) electrons. The summed E-state index contributed by atoms with van der Waals surface area (Å²) < 4.78 is 84.3. The van der Waals surface area contributed by atoms with Crippen molar-refractivity contribution in [1.82, 2.24) is 24.5 Å². The highest BCUT2D eigenvalue weighted by Gasteiger charge is 2.38. The highest BCUT2D eigenvalue weighted by atomic mass is 79.9. The van der Waals surface area contributed by atoms with Gasteiger partial charge in [-0.2, -0.15) is 13.2 Å². The number of imidazole rings is 1. The maximum atomic E-state index is 13.3. The summed E-state index contributed by atoms with van der Waals surface area (Å²) in [5, 5.41) is 7.25. The molecular formula is C20H11BrClF6N5O. The number of ether oxygens (including phenoxy) is 1. The lowest BCUT2D eigenvalue weighted by Gasteiger charge is -2.15. The molecule has 0 unspecified atom stereocenters. The van der Waals surface area contributed by atoms with Crippen LogP contribution < -0.4 is 4.74 Å². The number of aryl methyl sites for hydroxylation is 1. The molecule has 4 rings (SSSR count). The molecule has 2 aromatic carbocycles. The van der Waals surface area contributed by atoms with Gasteiger partial charge in [0.15, 0.2) is 5.69 Å². The van der Waals surface area contributed by atoms with Crippen LogP contribution in [0.4, 0.5) is 26.3 Å². The first kappa shape index (κ1) is 24.1. The molecule has 0 N–H and O–H groups in total. The standard InChI is InChI=1S/C20H11BrClF6N5O/c1-10-30-17(19(23,24)25)18(22)32(10)14-7-4-12(21)8-15(14)33-16(9-29-31-33)11-2-5-13(6-3-11)34-20(26,27)28/h2-9H,1H3. The Balaban J connectivity index is 1.83. The molecule has 0 saturated carbocycles. The smallest absolute Gasteiger partial charge is 0.406 e. The number of hydrogen-bond acceptors (Lipinski definition) is 4. The minimum absolute atomic E-state index is 0.0174. The Kier molecular flexibility index (Phi) is 6.10. The van der Waals surface area contributed by atoms with Crippen LogP contribution in [-0.2, 0) is 6.18 Å². The summed E-state index contributed by atoms with van der Waals surface area (Å²) in [5.74, 6) is -0.435. The van der Waals surface area contributed by atoms with Gasteiger partial charge in [-0.3, -0.25) is 4.57 Å². The summed E-state index contributed by atoms with van der Waals surface area (Å²) in [4.78, 5) is 3.57. The Bertz CT molecular complexity index is 1350. The lowest BCUT2D eigenvalue weighted by atomic mass is 10.1. The van der Waals surface area contributed by atoms with Gasteiger partial charge >= 0.3 is 12.5 Å².